The minimum absolute atomic E-state index is 0.520. The largest absolute Gasteiger partial charge is 0.497 e. The second-order valence-electron chi connectivity index (χ2n) is 5.48. The fourth-order valence-corrected chi connectivity index (χ4v) is 2.54. The van der Waals surface area contributed by atoms with E-state index in [4.69, 9.17) is 21.7 Å². The first kappa shape index (κ1) is 18.1. The summed E-state index contributed by atoms with van der Waals surface area (Å²) in [7, 11) is 3.24. The van der Waals surface area contributed by atoms with Crippen LogP contribution >= 0.6 is 12.2 Å². The molecule has 0 heterocycles. The van der Waals surface area contributed by atoms with Crippen LogP contribution in [0.2, 0.25) is 0 Å². The molecule has 0 bridgehead atoms. The Bertz CT molecular complexity index is 649. The molecule has 0 saturated heterocycles. The molecule has 0 unspecified atom stereocenters. The molecular formula is C19H24N2O2S. The number of anilines is 2. The summed E-state index contributed by atoms with van der Waals surface area (Å²) >= 11 is 5.38. The highest BCUT2D eigenvalue weighted by atomic mass is 32.1. The van der Waals surface area contributed by atoms with Gasteiger partial charge in [0.1, 0.15) is 11.5 Å². The summed E-state index contributed by atoms with van der Waals surface area (Å²) in [5, 5.41) is 6.86. The predicted octanol–water partition coefficient (Wildman–Crippen LogP) is 4.86. The van der Waals surface area contributed by atoms with Crippen LogP contribution in [0, 0.1) is 0 Å². The van der Waals surface area contributed by atoms with Crippen LogP contribution in [0.3, 0.4) is 0 Å². The van der Waals surface area contributed by atoms with Crippen LogP contribution in [-0.2, 0) is 6.42 Å². The van der Waals surface area contributed by atoms with Crippen LogP contribution in [-0.4, -0.2) is 19.3 Å². The van der Waals surface area contributed by atoms with Crippen molar-refractivity contribution in [2.24, 2.45) is 0 Å². The number of methoxy groups -OCH3 is 2. The van der Waals surface area contributed by atoms with Gasteiger partial charge in [-0.15, -0.1) is 0 Å². The van der Waals surface area contributed by atoms with Crippen LogP contribution in [0.25, 0.3) is 0 Å². The van der Waals surface area contributed by atoms with Crippen molar-refractivity contribution in [3.63, 3.8) is 0 Å². The number of rotatable bonds is 7. The van der Waals surface area contributed by atoms with Gasteiger partial charge in [-0.05, 0) is 42.8 Å². The minimum Gasteiger partial charge on any atom is -0.497 e. The predicted molar refractivity (Wildman–Crippen MR) is 104 cm³/mol. The van der Waals surface area contributed by atoms with Crippen LogP contribution < -0.4 is 20.1 Å². The summed E-state index contributed by atoms with van der Waals surface area (Å²) in [4.78, 5) is 0. The normalized spacial score (nSPS) is 10.1. The maximum absolute atomic E-state index is 5.38. The van der Waals surface area contributed by atoms with Crippen molar-refractivity contribution in [2.45, 2.75) is 26.2 Å². The molecule has 5 heteroatoms. The van der Waals surface area contributed by atoms with Gasteiger partial charge in [-0.1, -0.05) is 25.5 Å². The maximum Gasteiger partial charge on any atom is 0.175 e. The van der Waals surface area contributed by atoms with Gasteiger partial charge in [0.05, 0.1) is 14.2 Å². The van der Waals surface area contributed by atoms with Crippen LogP contribution in [0.15, 0.2) is 42.5 Å². The molecule has 0 fully saturated rings. The summed E-state index contributed by atoms with van der Waals surface area (Å²) < 4.78 is 10.5. The van der Waals surface area contributed by atoms with Crippen molar-refractivity contribution in [1.29, 1.82) is 0 Å². The van der Waals surface area contributed by atoms with Crippen molar-refractivity contribution in [2.75, 3.05) is 24.9 Å². The van der Waals surface area contributed by atoms with E-state index in [1.54, 1.807) is 14.2 Å². The zero-order chi connectivity index (χ0) is 17.4. The fraction of sp³-hybridized carbons (Fsp3) is 0.316. The van der Waals surface area contributed by atoms with E-state index in [0.717, 1.165) is 17.8 Å². The minimum atomic E-state index is 0.520. The number of ether oxygens (including phenoxy) is 2. The molecular weight excluding hydrogens is 320 g/mol. The molecule has 0 radical (unpaired) electrons. The number of benzene rings is 2. The standard InChI is InChI=1S/C19H24N2O2S/c1-4-5-6-14-7-9-15(10-8-14)20-19(24)21-16-11-17(22-2)13-18(12-16)23-3/h7-13H,4-6H2,1-3H3,(H2,20,21,24). The lowest BCUT2D eigenvalue weighted by molar-refractivity contribution is 0.395. The summed E-state index contributed by atoms with van der Waals surface area (Å²) in [5.41, 5.74) is 3.12. The van der Waals surface area contributed by atoms with E-state index in [-0.39, 0.29) is 0 Å². The molecule has 4 nitrogen and oxygen atoms in total. The Morgan fingerprint density at radius 3 is 2.04 bits per heavy atom. The van der Waals surface area contributed by atoms with E-state index in [1.807, 2.05) is 30.3 Å². The Balaban J connectivity index is 1.97. The Labute approximate surface area is 149 Å². The van der Waals surface area contributed by atoms with Crippen molar-refractivity contribution >= 4 is 28.7 Å². The molecule has 0 amide bonds. The Hall–Kier alpha value is -2.27. The van der Waals surface area contributed by atoms with Gasteiger partial charge < -0.3 is 20.1 Å². The number of hydrogen-bond acceptors (Lipinski definition) is 3. The average Bonchev–Trinajstić information content (AvgIpc) is 2.60. The molecule has 0 aliphatic carbocycles. The van der Waals surface area contributed by atoms with E-state index < -0.39 is 0 Å². The number of thiocarbonyl (C=S) groups is 1. The van der Waals surface area contributed by atoms with E-state index in [0.29, 0.717) is 16.6 Å². The molecule has 0 spiro atoms. The summed E-state index contributed by atoms with van der Waals surface area (Å²) in [6, 6.07) is 13.9. The molecule has 2 aromatic rings. The zero-order valence-electron chi connectivity index (χ0n) is 14.4. The molecule has 0 atom stereocenters. The summed E-state index contributed by atoms with van der Waals surface area (Å²) in [6.07, 6.45) is 3.53. The highest BCUT2D eigenvalue weighted by molar-refractivity contribution is 7.80. The second-order valence-corrected chi connectivity index (χ2v) is 5.89. The SMILES string of the molecule is CCCCc1ccc(NC(=S)Nc2cc(OC)cc(OC)c2)cc1. The second kappa shape index (κ2) is 9.13. The number of hydrogen-bond donors (Lipinski definition) is 2. The van der Waals surface area contributed by atoms with Gasteiger partial charge in [0.2, 0.25) is 0 Å². The molecule has 2 N–H and O–H groups in total. The lowest BCUT2D eigenvalue weighted by atomic mass is 10.1. The number of nitrogens with one attached hydrogen (secondary N) is 2. The van der Waals surface area contributed by atoms with E-state index in [2.05, 4.69) is 29.7 Å². The van der Waals surface area contributed by atoms with Crippen LogP contribution in [0.4, 0.5) is 11.4 Å². The first-order valence-corrected chi connectivity index (χ1v) is 8.45. The monoisotopic (exact) mass is 344 g/mol. The number of unbranched alkanes of at least 4 members (excludes halogenated alkanes) is 1. The van der Waals surface area contributed by atoms with Crippen LogP contribution in [0.5, 0.6) is 11.5 Å². The van der Waals surface area contributed by atoms with Gasteiger partial charge in [-0.2, -0.15) is 0 Å². The lowest BCUT2D eigenvalue weighted by Gasteiger charge is -2.13. The highest BCUT2D eigenvalue weighted by Crippen LogP contribution is 2.26. The Morgan fingerprint density at radius 2 is 1.50 bits per heavy atom. The molecule has 0 aromatic heterocycles. The third-order valence-corrected chi connectivity index (χ3v) is 3.84. The zero-order valence-corrected chi connectivity index (χ0v) is 15.2. The van der Waals surface area contributed by atoms with Gasteiger partial charge >= 0.3 is 0 Å². The molecule has 0 aliphatic rings. The third-order valence-electron chi connectivity index (χ3n) is 3.64. The molecule has 2 aromatic carbocycles. The van der Waals surface area contributed by atoms with Crippen molar-refractivity contribution in [3.05, 3.63) is 48.0 Å². The average molecular weight is 344 g/mol. The highest BCUT2D eigenvalue weighted by Gasteiger charge is 2.04. The van der Waals surface area contributed by atoms with Crippen LogP contribution in [0.1, 0.15) is 25.3 Å². The Morgan fingerprint density at radius 1 is 0.917 bits per heavy atom. The summed E-state index contributed by atoms with van der Waals surface area (Å²) in [5.74, 6) is 1.42. The first-order chi connectivity index (χ1) is 11.6. The van der Waals surface area contributed by atoms with E-state index in [9.17, 15) is 0 Å². The van der Waals surface area contributed by atoms with Gasteiger partial charge in [0.15, 0.2) is 5.11 Å². The van der Waals surface area contributed by atoms with Gasteiger partial charge in [-0.3, -0.25) is 0 Å². The summed E-state index contributed by atoms with van der Waals surface area (Å²) in [6.45, 7) is 2.20. The maximum atomic E-state index is 5.38. The molecule has 0 aliphatic heterocycles. The number of aryl methyl sites for hydroxylation is 1. The quantitative estimate of drug-likeness (QED) is 0.703. The smallest absolute Gasteiger partial charge is 0.175 e. The van der Waals surface area contributed by atoms with Crippen molar-refractivity contribution in [1.82, 2.24) is 0 Å². The van der Waals surface area contributed by atoms with E-state index >= 15 is 0 Å². The van der Waals surface area contributed by atoms with Crippen molar-refractivity contribution in [3.8, 4) is 11.5 Å². The van der Waals surface area contributed by atoms with Gasteiger partial charge in [0, 0.05) is 29.6 Å². The molecule has 128 valence electrons. The molecule has 24 heavy (non-hydrogen) atoms. The first-order valence-electron chi connectivity index (χ1n) is 8.04. The third kappa shape index (κ3) is 5.42. The topological polar surface area (TPSA) is 42.5 Å². The van der Waals surface area contributed by atoms with Gasteiger partial charge in [-0.25, -0.2) is 0 Å². The fourth-order valence-electron chi connectivity index (χ4n) is 2.31. The Kier molecular flexibility index (Phi) is 6.88. The van der Waals surface area contributed by atoms with Crippen molar-refractivity contribution < 1.29 is 9.47 Å². The van der Waals surface area contributed by atoms with E-state index in [1.165, 1.54) is 18.4 Å². The molecule has 0 saturated carbocycles. The van der Waals surface area contributed by atoms with Gasteiger partial charge in [0.25, 0.3) is 0 Å². The molecule has 2 rings (SSSR count). The lowest BCUT2D eigenvalue weighted by Crippen LogP contribution is -2.19.